The zero-order valence-electron chi connectivity index (χ0n) is 21.5. The van der Waals surface area contributed by atoms with E-state index in [0.29, 0.717) is 23.4 Å². The van der Waals surface area contributed by atoms with Crippen molar-refractivity contribution in [2.45, 2.75) is 31.5 Å². The number of amides is 1. The van der Waals surface area contributed by atoms with Crippen molar-refractivity contribution in [3.63, 3.8) is 0 Å². The van der Waals surface area contributed by atoms with Gasteiger partial charge in [-0.1, -0.05) is 72.8 Å². The molecule has 1 aliphatic rings. The molecule has 0 bridgehead atoms. The number of rotatable bonds is 12. The summed E-state index contributed by atoms with van der Waals surface area (Å²) in [6.07, 6.45) is 7.71. The molecule has 1 amide bonds. The van der Waals surface area contributed by atoms with E-state index in [1.807, 2.05) is 77.4 Å². The fraction of sp³-hybridized carbons (Fsp3) is 0.259. The monoisotopic (exact) mass is 563 g/mol. The summed E-state index contributed by atoms with van der Waals surface area (Å²) in [6, 6.07) is 17.7. The molecule has 0 spiro atoms. The quantitative estimate of drug-likeness (QED) is 0.114. The van der Waals surface area contributed by atoms with Crippen LogP contribution in [0.3, 0.4) is 0 Å². The Labute approximate surface area is 230 Å². The number of hydrogen-bond donors (Lipinski definition) is 4. The van der Waals surface area contributed by atoms with Gasteiger partial charge in [-0.2, -0.15) is 5.48 Å². The van der Waals surface area contributed by atoms with E-state index >= 15 is 0 Å². The first-order valence-electron chi connectivity index (χ1n) is 12.7. The minimum Gasteiger partial charge on any atom is -0.382 e. The summed E-state index contributed by atoms with van der Waals surface area (Å²) in [5, 5.41) is 2.16. The van der Waals surface area contributed by atoms with Crippen molar-refractivity contribution in [1.82, 2.24) is 30.1 Å². The van der Waals surface area contributed by atoms with Crippen LogP contribution in [0.2, 0.25) is 0 Å². The zero-order valence-corrected chi connectivity index (χ0v) is 22.4. The highest BCUT2D eigenvalue weighted by atomic mass is 31.2. The van der Waals surface area contributed by atoms with Crippen molar-refractivity contribution in [1.29, 1.82) is 0 Å². The number of nitrogen functional groups attached to an aromatic ring is 1. The Hall–Kier alpha value is -3.93. The second-order valence-electron chi connectivity index (χ2n) is 9.46. The van der Waals surface area contributed by atoms with E-state index in [-0.39, 0.29) is 31.6 Å². The molecule has 0 fully saturated rings. The first-order chi connectivity index (χ1) is 19.4. The Bertz CT molecular complexity index is 1520. The fourth-order valence-corrected chi connectivity index (χ4v) is 5.37. The number of aromatic nitrogens is 4. The Kier molecular flexibility index (Phi) is 8.63. The predicted octanol–water partition coefficient (Wildman–Crippen LogP) is 3.09. The molecule has 12 nitrogen and oxygen atoms in total. The van der Waals surface area contributed by atoms with Crippen LogP contribution in [0.1, 0.15) is 23.6 Å². The molecular weight excluding hydrogens is 533 g/mol. The number of benzene rings is 2. The van der Waals surface area contributed by atoms with Gasteiger partial charge >= 0.3 is 7.75 Å². The molecule has 5 N–H and O–H groups in total. The van der Waals surface area contributed by atoms with Crippen LogP contribution in [0, 0.1) is 5.92 Å². The van der Waals surface area contributed by atoms with Crippen LogP contribution < -0.4 is 16.3 Å². The molecular formula is C27H30N7O5P. The Morgan fingerprint density at radius 1 is 1.07 bits per heavy atom. The maximum Gasteiger partial charge on any atom is 0.432 e. The van der Waals surface area contributed by atoms with E-state index in [2.05, 4.69) is 25.5 Å². The molecule has 2 heterocycles. The van der Waals surface area contributed by atoms with Crippen LogP contribution in [-0.2, 0) is 31.7 Å². The summed E-state index contributed by atoms with van der Waals surface area (Å²) in [6.45, 7) is 0.152. The lowest BCUT2D eigenvalue weighted by molar-refractivity contribution is -0.126. The van der Waals surface area contributed by atoms with Gasteiger partial charge in [-0.15, -0.1) is 0 Å². The van der Waals surface area contributed by atoms with Gasteiger partial charge in [-0.05, 0) is 24.0 Å². The highest BCUT2D eigenvalue weighted by molar-refractivity contribution is 7.51. The molecule has 0 saturated heterocycles. The number of hydrogen-bond acceptors (Lipinski definition) is 9. The van der Waals surface area contributed by atoms with Crippen molar-refractivity contribution < 1.29 is 23.6 Å². The summed E-state index contributed by atoms with van der Waals surface area (Å²) in [5.41, 5.74) is 11.5. The molecule has 208 valence electrons. The zero-order chi connectivity index (χ0) is 28.0. The van der Waals surface area contributed by atoms with Crippen LogP contribution in [0.4, 0.5) is 5.82 Å². The Morgan fingerprint density at radius 2 is 1.80 bits per heavy atom. The van der Waals surface area contributed by atoms with E-state index in [1.54, 1.807) is 6.33 Å². The fourth-order valence-electron chi connectivity index (χ4n) is 4.48. The summed E-state index contributed by atoms with van der Waals surface area (Å²) in [4.78, 5) is 41.6. The van der Waals surface area contributed by atoms with Crippen molar-refractivity contribution in [2.75, 3.05) is 12.3 Å². The third-order valence-electron chi connectivity index (χ3n) is 6.52. The summed E-state index contributed by atoms with van der Waals surface area (Å²) >= 11 is 0. The highest BCUT2D eigenvalue weighted by Crippen LogP contribution is 2.40. The number of nitrogens with zero attached hydrogens (tertiary/aromatic N) is 4. The van der Waals surface area contributed by atoms with Crippen molar-refractivity contribution in [3.05, 3.63) is 96.6 Å². The SMILES string of the molecule is Nc1ncnc2c1ncn2[C@@H]1C=C[C@H](COP(=O)(O)NC(=O)[C@H](Cc2ccccc2)NOCc2ccccc2)C1. The normalized spacial score (nSPS) is 18.9. The predicted molar refractivity (Wildman–Crippen MR) is 148 cm³/mol. The number of nitrogens with two attached hydrogens (primary N) is 1. The number of hydroxylamine groups is 1. The van der Waals surface area contributed by atoms with E-state index in [4.69, 9.17) is 15.1 Å². The van der Waals surface area contributed by atoms with E-state index in [1.165, 1.54) is 6.33 Å². The molecule has 1 aliphatic carbocycles. The molecule has 2 aromatic heterocycles. The lowest BCUT2D eigenvalue weighted by Gasteiger charge is -2.21. The van der Waals surface area contributed by atoms with Crippen LogP contribution in [-0.4, -0.2) is 43.0 Å². The lowest BCUT2D eigenvalue weighted by Crippen LogP contribution is -2.44. The van der Waals surface area contributed by atoms with Gasteiger partial charge < -0.3 is 15.2 Å². The number of anilines is 1. The molecule has 0 saturated carbocycles. The third kappa shape index (κ3) is 6.98. The minimum absolute atomic E-state index is 0.0634. The summed E-state index contributed by atoms with van der Waals surface area (Å²) in [7, 11) is -4.46. The van der Waals surface area contributed by atoms with Crippen molar-refractivity contribution in [3.8, 4) is 0 Å². The maximum atomic E-state index is 13.0. The van der Waals surface area contributed by atoms with E-state index < -0.39 is 19.7 Å². The third-order valence-corrected chi connectivity index (χ3v) is 7.52. The first-order valence-corrected chi connectivity index (χ1v) is 14.3. The molecule has 40 heavy (non-hydrogen) atoms. The van der Waals surface area contributed by atoms with Gasteiger partial charge in [0.15, 0.2) is 11.5 Å². The minimum atomic E-state index is -4.46. The van der Waals surface area contributed by atoms with Crippen LogP contribution >= 0.6 is 7.75 Å². The number of imidazole rings is 1. The van der Waals surface area contributed by atoms with Gasteiger partial charge in [0.25, 0.3) is 0 Å². The largest absolute Gasteiger partial charge is 0.432 e. The molecule has 5 rings (SSSR count). The topological polar surface area (TPSA) is 167 Å². The molecule has 2 aromatic carbocycles. The van der Waals surface area contributed by atoms with Crippen molar-refractivity contribution in [2.24, 2.45) is 5.92 Å². The Morgan fingerprint density at radius 3 is 2.55 bits per heavy atom. The van der Waals surface area contributed by atoms with Crippen LogP contribution in [0.5, 0.6) is 0 Å². The molecule has 0 aliphatic heterocycles. The van der Waals surface area contributed by atoms with Crippen LogP contribution in [0.25, 0.3) is 11.2 Å². The maximum absolute atomic E-state index is 13.0. The second kappa shape index (κ2) is 12.5. The molecule has 1 unspecified atom stereocenters. The average Bonchev–Trinajstić information content (AvgIpc) is 3.60. The first kappa shape index (κ1) is 27.6. The molecule has 0 radical (unpaired) electrons. The van der Waals surface area contributed by atoms with E-state index in [0.717, 1.165) is 11.1 Å². The Balaban J connectivity index is 1.16. The number of fused-ring (bicyclic) bond motifs is 1. The molecule has 4 atom stereocenters. The molecule has 4 aromatic rings. The van der Waals surface area contributed by atoms with Gasteiger partial charge in [0.2, 0.25) is 5.91 Å². The summed E-state index contributed by atoms with van der Waals surface area (Å²) in [5.74, 6) is -0.579. The van der Waals surface area contributed by atoms with Crippen LogP contribution in [0.15, 0.2) is 85.5 Å². The van der Waals surface area contributed by atoms with Gasteiger partial charge in [-0.3, -0.25) is 19.2 Å². The standard InChI is InChI=1S/C27H30N7O5P/c28-25-24-26(30-17-29-25)34(18-31-24)22-12-11-21(13-22)16-39-40(36,37)33-27(35)23(14-19-7-3-1-4-8-19)32-38-15-20-9-5-2-6-10-20/h1-12,17-18,21-23,32H,13-16H2,(H2,28,29,30)(H2,33,35,36,37)/t21-,22+,23-/m0/s1. The number of carbonyl (C=O) groups is 1. The molecule has 13 heteroatoms. The van der Waals surface area contributed by atoms with Crippen molar-refractivity contribution >= 4 is 30.6 Å². The van der Waals surface area contributed by atoms with Gasteiger partial charge in [0.1, 0.15) is 17.9 Å². The van der Waals surface area contributed by atoms with E-state index in [9.17, 15) is 14.3 Å². The average molecular weight is 564 g/mol. The number of nitrogens with one attached hydrogen (secondary N) is 2. The van der Waals surface area contributed by atoms with Gasteiger partial charge in [0, 0.05) is 5.92 Å². The lowest BCUT2D eigenvalue weighted by atomic mass is 10.1. The smallest absolute Gasteiger partial charge is 0.382 e. The highest BCUT2D eigenvalue weighted by Gasteiger charge is 2.31. The number of allylic oxidation sites excluding steroid dienone is 1. The van der Waals surface area contributed by atoms with Gasteiger partial charge in [0.05, 0.1) is 25.6 Å². The second-order valence-corrected chi connectivity index (χ2v) is 11.0. The summed E-state index contributed by atoms with van der Waals surface area (Å²) < 4.78 is 20.0. The van der Waals surface area contributed by atoms with Gasteiger partial charge in [-0.25, -0.2) is 19.5 Å². The number of carbonyl (C=O) groups excluding carboxylic acids is 1.